The summed E-state index contributed by atoms with van der Waals surface area (Å²) >= 11 is 0. The SMILES string of the molecule is CC/C=C\C/C=C\C/C=C\C/C=C\C/C=C\C/C=C\CCCCCCCCCCCCCCCCCCCCC(=O)NC(COC1OC(CO)C(OC2OC(CO)C(OC3OC(CO)C(O)C(O)C3O)C(O)C2O)C(O)C1O)C(O)CCCCCCCCCCCCCCCCCCCCCCCCCCCCCCCCCC. The van der Waals surface area contributed by atoms with E-state index in [9.17, 15) is 61.0 Å². The van der Waals surface area contributed by atoms with Crippen LogP contribution in [0.4, 0.5) is 0 Å². The van der Waals surface area contributed by atoms with Gasteiger partial charge in [0, 0.05) is 6.42 Å². The Hall–Kier alpha value is -2.77. The van der Waals surface area contributed by atoms with Crippen molar-refractivity contribution in [1.29, 1.82) is 0 Å². The van der Waals surface area contributed by atoms with Gasteiger partial charge in [-0.05, 0) is 64.2 Å². The van der Waals surface area contributed by atoms with Crippen molar-refractivity contribution in [2.24, 2.45) is 0 Å². The second-order valence-electron chi connectivity index (χ2n) is 33.5. The predicted molar refractivity (Wildman–Crippen MR) is 462 cm³/mol. The first-order chi connectivity index (χ1) is 55.8. The minimum Gasteiger partial charge on any atom is -0.394 e. The molecule has 3 heterocycles. The highest BCUT2D eigenvalue weighted by Gasteiger charge is 2.54. The number of amides is 1. The van der Waals surface area contributed by atoms with Gasteiger partial charge in [-0.15, -0.1) is 0 Å². The number of aliphatic hydroxyl groups is 11. The van der Waals surface area contributed by atoms with E-state index in [0.717, 1.165) is 83.5 Å². The molecule has 0 aromatic heterocycles. The predicted octanol–water partition coefficient (Wildman–Crippen LogP) is 18.7. The van der Waals surface area contributed by atoms with Gasteiger partial charge in [-0.3, -0.25) is 4.79 Å². The summed E-state index contributed by atoms with van der Waals surface area (Å²) < 4.78 is 34.6. The van der Waals surface area contributed by atoms with Crippen molar-refractivity contribution >= 4 is 5.91 Å². The highest BCUT2D eigenvalue weighted by atomic mass is 16.8. The van der Waals surface area contributed by atoms with E-state index in [1.54, 1.807) is 0 Å². The van der Waals surface area contributed by atoms with E-state index in [2.05, 4.69) is 92.1 Å². The zero-order chi connectivity index (χ0) is 82.4. The number of hydrogen-bond donors (Lipinski definition) is 12. The lowest BCUT2D eigenvalue weighted by atomic mass is 9.96. The van der Waals surface area contributed by atoms with Crippen LogP contribution >= 0.6 is 0 Å². The first-order valence-electron chi connectivity index (χ1n) is 47.2. The molecule has 0 bridgehead atoms. The molecule has 12 N–H and O–H groups in total. The maximum Gasteiger partial charge on any atom is 0.220 e. The number of carbonyl (C=O) groups excluding carboxylic acids is 1. The lowest BCUT2D eigenvalue weighted by molar-refractivity contribution is -0.379. The number of carbonyl (C=O) groups is 1. The third-order valence-electron chi connectivity index (χ3n) is 23.3. The van der Waals surface area contributed by atoms with Crippen LogP contribution in [0.25, 0.3) is 0 Å². The second kappa shape index (κ2) is 74.1. The zero-order valence-corrected chi connectivity index (χ0v) is 72.1. The molecule has 0 spiro atoms. The molecule has 0 aliphatic carbocycles. The molecule has 3 rings (SSSR count). The van der Waals surface area contributed by atoms with E-state index in [4.69, 9.17) is 28.4 Å². The smallest absolute Gasteiger partial charge is 0.220 e. The summed E-state index contributed by atoms with van der Waals surface area (Å²) in [5, 5.41) is 121. The van der Waals surface area contributed by atoms with Crippen LogP contribution in [-0.2, 0) is 33.2 Å². The molecule has 0 aromatic carbocycles. The van der Waals surface area contributed by atoms with E-state index in [0.29, 0.717) is 12.8 Å². The summed E-state index contributed by atoms with van der Waals surface area (Å²) in [5.74, 6) is -0.237. The number of allylic oxidation sites excluding steroid dienone is 12. The Kier molecular flexibility index (Phi) is 68.5. The minimum absolute atomic E-state index is 0.237. The Morgan fingerprint density at radius 3 is 0.947 bits per heavy atom. The molecule has 3 saturated heterocycles. The van der Waals surface area contributed by atoms with Crippen molar-refractivity contribution in [2.75, 3.05) is 26.4 Å². The van der Waals surface area contributed by atoms with Gasteiger partial charge in [-0.25, -0.2) is 0 Å². The third kappa shape index (κ3) is 51.8. The molecule has 114 heavy (non-hydrogen) atoms. The molecule has 1 amide bonds. The molecule has 19 nitrogen and oxygen atoms in total. The number of aliphatic hydroxyl groups excluding tert-OH is 11. The van der Waals surface area contributed by atoms with Crippen LogP contribution in [0.1, 0.15) is 393 Å². The number of hydrogen-bond acceptors (Lipinski definition) is 18. The van der Waals surface area contributed by atoms with Gasteiger partial charge in [0.15, 0.2) is 18.9 Å². The molecule has 17 unspecified atom stereocenters. The fraction of sp³-hybridized carbons (Fsp3) is 0.863. The Labute approximate surface area is 693 Å². The lowest BCUT2D eigenvalue weighted by Crippen LogP contribution is -2.66. The van der Waals surface area contributed by atoms with Crippen LogP contribution in [0.2, 0.25) is 0 Å². The number of nitrogens with one attached hydrogen (secondary N) is 1. The van der Waals surface area contributed by atoms with Crippen LogP contribution in [0, 0.1) is 0 Å². The average Bonchev–Trinajstić information content (AvgIpc) is 0.777. The summed E-state index contributed by atoms with van der Waals surface area (Å²) in [6, 6.07) is -0.891. The van der Waals surface area contributed by atoms with Crippen molar-refractivity contribution < 1.29 is 89.4 Å². The van der Waals surface area contributed by atoms with Crippen LogP contribution in [0.5, 0.6) is 0 Å². The Morgan fingerprint density at radius 1 is 0.325 bits per heavy atom. The van der Waals surface area contributed by atoms with Gasteiger partial charge in [-0.1, -0.05) is 395 Å². The standard InChI is InChI=1S/C95H173NO18/c1-3-5-7-9-11-13-15-17-19-21-23-25-27-29-31-33-35-37-38-39-40-41-43-45-47-49-51-53-55-57-59-61-63-65-67-69-71-73-83(101)96-78(79(100)72-70-68-66-64-62-60-58-56-54-52-50-48-46-44-42-36-34-32-30-28-26-24-22-20-18-16-14-12-10-8-6-4-2)77-109-93-89(107)86(104)91(81(75-98)111-93)114-95-90(108)87(105)92(82(76-99)112-95)113-94-88(106)85(103)84(102)80(74-97)110-94/h5,7,11,13,17,19,23,25,29,31,35,37,78-82,84-95,97-100,102-108H,3-4,6,8-10,12,14-16,18,20-22,24,26-28,30,32-34,36,38-77H2,1-2H3,(H,96,101)/b7-5-,13-11-,19-17-,25-23-,31-29-,37-35-. The fourth-order valence-electron chi connectivity index (χ4n) is 15.9. The number of rotatable bonds is 77. The average molecular weight is 1620 g/mol. The van der Waals surface area contributed by atoms with Crippen LogP contribution in [-0.4, -0.2) is 193 Å². The Balaban J connectivity index is 1.30. The molecule has 19 heteroatoms. The summed E-state index contributed by atoms with van der Waals surface area (Å²) in [6.45, 7) is 1.75. The van der Waals surface area contributed by atoms with Crippen molar-refractivity contribution in [1.82, 2.24) is 5.32 Å². The van der Waals surface area contributed by atoms with Crippen molar-refractivity contribution in [3.8, 4) is 0 Å². The molecule has 0 aromatic rings. The largest absolute Gasteiger partial charge is 0.394 e. The molecule has 17 atom stereocenters. The van der Waals surface area contributed by atoms with E-state index in [-0.39, 0.29) is 18.9 Å². The van der Waals surface area contributed by atoms with E-state index >= 15 is 0 Å². The van der Waals surface area contributed by atoms with Gasteiger partial charge in [-0.2, -0.15) is 0 Å². The van der Waals surface area contributed by atoms with Gasteiger partial charge >= 0.3 is 0 Å². The summed E-state index contributed by atoms with van der Waals surface area (Å²) in [4.78, 5) is 13.6. The molecule has 3 fully saturated rings. The fourth-order valence-corrected chi connectivity index (χ4v) is 15.9. The van der Waals surface area contributed by atoms with Crippen LogP contribution in [0.15, 0.2) is 72.9 Å². The van der Waals surface area contributed by atoms with Gasteiger partial charge in [0.05, 0.1) is 38.6 Å². The van der Waals surface area contributed by atoms with Crippen molar-refractivity contribution in [2.45, 2.75) is 497 Å². The minimum atomic E-state index is -1.98. The summed E-state index contributed by atoms with van der Waals surface area (Å²) in [6.07, 6.45) is 73.0. The normalized spacial score (nSPS) is 25.0. The van der Waals surface area contributed by atoms with Crippen LogP contribution < -0.4 is 5.32 Å². The Morgan fingerprint density at radius 2 is 0.605 bits per heavy atom. The number of unbranched alkanes of at least 4 members (excludes halogenated alkanes) is 49. The molecular formula is C95H173NO18. The molecule has 3 aliphatic heterocycles. The molecular weight excluding hydrogens is 1440 g/mol. The van der Waals surface area contributed by atoms with E-state index in [1.165, 1.54) is 276 Å². The van der Waals surface area contributed by atoms with Gasteiger partial charge in [0.1, 0.15) is 73.2 Å². The van der Waals surface area contributed by atoms with E-state index in [1.807, 2.05) is 0 Å². The molecule has 0 saturated carbocycles. The summed E-state index contributed by atoms with van der Waals surface area (Å²) in [5.41, 5.74) is 0. The maximum atomic E-state index is 13.6. The molecule has 0 radical (unpaired) electrons. The molecule has 3 aliphatic rings. The van der Waals surface area contributed by atoms with Crippen molar-refractivity contribution in [3.05, 3.63) is 72.9 Å². The van der Waals surface area contributed by atoms with Gasteiger partial charge in [0.2, 0.25) is 5.91 Å². The maximum absolute atomic E-state index is 13.6. The highest BCUT2D eigenvalue weighted by Crippen LogP contribution is 2.34. The van der Waals surface area contributed by atoms with Gasteiger partial charge in [0.25, 0.3) is 0 Å². The van der Waals surface area contributed by atoms with Crippen LogP contribution in [0.3, 0.4) is 0 Å². The highest BCUT2D eigenvalue weighted by molar-refractivity contribution is 5.76. The first-order valence-corrected chi connectivity index (χ1v) is 47.2. The van der Waals surface area contributed by atoms with Gasteiger partial charge < -0.3 is 89.9 Å². The Bertz CT molecular complexity index is 2340. The molecule has 666 valence electrons. The van der Waals surface area contributed by atoms with E-state index < -0.39 is 124 Å². The third-order valence-corrected chi connectivity index (χ3v) is 23.3. The zero-order valence-electron chi connectivity index (χ0n) is 72.1. The number of ether oxygens (including phenoxy) is 6. The quantitative estimate of drug-likeness (QED) is 0.0199. The second-order valence-corrected chi connectivity index (χ2v) is 33.5. The monoisotopic (exact) mass is 1620 g/mol. The summed E-state index contributed by atoms with van der Waals surface area (Å²) in [7, 11) is 0. The lowest BCUT2D eigenvalue weighted by Gasteiger charge is -2.48. The first kappa shape index (κ1) is 105. The van der Waals surface area contributed by atoms with Crippen molar-refractivity contribution in [3.63, 3.8) is 0 Å². The topological polar surface area (TPSA) is 307 Å².